The van der Waals surface area contributed by atoms with E-state index >= 15 is 0 Å². The van der Waals surface area contributed by atoms with Gasteiger partial charge in [-0.25, -0.2) is 0 Å². The number of carbonyl (C=O) groups is 2. The van der Waals surface area contributed by atoms with E-state index in [2.05, 4.69) is 6.92 Å². The molecular weight excluding hydrogens is 456 g/mol. The summed E-state index contributed by atoms with van der Waals surface area (Å²) >= 11 is 0. The normalized spacial score (nSPS) is 12.4. The van der Waals surface area contributed by atoms with Crippen LogP contribution in [0.4, 0.5) is 0 Å². The van der Waals surface area contributed by atoms with Crippen LogP contribution in [0.5, 0.6) is 17.2 Å². The minimum Gasteiger partial charge on any atom is -0.493 e. The van der Waals surface area contributed by atoms with Crippen LogP contribution in [0.15, 0.2) is 66.7 Å². The molecule has 0 radical (unpaired) electrons. The number of benzene rings is 3. The van der Waals surface area contributed by atoms with Crippen LogP contribution in [0.2, 0.25) is 0 Å². The zero-order valence-electron chi connectivity index (χ0n) is 21.3. The number of ketones is 1. The Morgan fingerprint density at radius 3 is 2.31 bits per heavy atom. The highest BCUT2D eigenvalue weighted by atomic mass is 16.5. The van der Waals surface area contributed by atoms with Crippen molar-refractivity contribution in [1.29, 1.82) is 0 Å². The molecule has 0 aliphatic rings. The van der Waals surface area contributed by atoms with E-state index in [1.807, 2.05) is 68.4 Å². The smallest absolute Gasteiger partial charge is 0.309 e. The molecule has 0 heterocycles. The van der Waals surface area contributed by atoms with Gasteiger partial charge in [-0.3, -0.25) is 9.59 Å². The molecule has 0 saturated carbocycles. The first kappa shape index (κ1) is 26.8. The molecule has 3 aromatic carbocycles. The second kappa shape index (κ2) is 12.8. The number of rotatable bonds is 13. The van der Waals surface area contributed by atoms with Gasteiger partial charge >= 0.3 is 5.97 Å². The molecule has 0 fully saturated rings. The Bertz CT molecular complexity index is 1170. The number of aryl methyl sites for hydroxylation is 2. The summed E-state index contributed by atoms with van der Waals surface area (Å²) in [6.07, 6.45) is 1.30. The highest BCUT2D eigenvalue weighted by Gasteiger charge is 2.17. The molecule has 0 bridgehead atoms. The maximum absolute atomic E-state index is 13.1. The van der Waals surface area contributed by atoms with Crippen molar-refractivity contribution in [2.75, 3.05) is 13.2 Å². The van der Waals surface area contributed by atoms with E-state index < -0.39 is 11.9 Å². The van der Waals surface area contributed by atoms with Gasteiger partial charge in [-0.05, 0) is 68.7 Å². The van der Waals surface area contributed by atoms with Crippen molar-refractivity contribution < 1.29 is 28.9 Å². The molecule has 6 nitrogen and oxygen atoms in total. The summed E-state index contributed by atoms with van der Waals surface area (Å²) < 4.78 is 17.7. The fraction of sp³-hybridized carbons (Fsp3) is 0.333. The second-order valence-corrected chi connectivity index (χ2v) is 8.92. The number of aliphatic carboxylic acids is 1. The molecule has 36 heavy (non-hydrogen) atoms. The van der Waals surface area contributed by atoms with Gasteiger partial charge in [0.05, 0.1) is 24.2 Å². The molecule has 0 saturated heterocycles. The fourth-order valence-electron chi connectivity index (χ4n) is 3.60. The van der Waals surface area contributed by atoms with E-state index in [0.29, 0.717) is 41.4 Å². The minimum absolute atomic E-state index is 0.0557. The molecule has 0 spiro atoms. The van der Waals surface area contributed by atoms with Crippen LogP contribution in [0.1, 0.15) is 54.2 Å². The first-order valence-electron chi connectivity index (χ1n) is 12.3. The number of hydrogen-bond acceptors (Lipinski definition) is 5. The first-order valence-corrected chi connectivity index (χ1v) is 12.3. The van der Waals surface area contributed by atoms with Gasteiger partial charge in [-0.1, -0.05) is 43.3 Å². The molecule has 2 unspecified atom stereocenters. The largest absolute Gasteiger partial charge is 0.493 e. The third-order valence-corrected chi connectivity index (χ3v) is 5.91. The van der Waals surface area contributed by atoms with E-state index in [-0.39, 0.29) is 18.5 Å². The highest BCUT2D eigenvalue weighted by molar-refractivity contribution is 6.10. The standard InChI is InChI=1S/C30H34O6/c1-5-23-11-13-28(26(18-23)29(31)24-9-7-6-8-10-24)36-22(4)15-16-34-25-12-14-27(20(2)17-25)35-19-21(3)30(32)33/h6-14,17-18,21-22H,5,15-16,19H2,1-4H3,(H,32,33). The SMILES string of the molecule is CCc1ccc(OC(C)CCOc2ccc(OCC(C)C(=O)O)c(C)c2)c(C(=O)c2ccccc2)c1. The number of carbonyl (C=O) groups excluding carboxylic acids is 1. The van der Waals surface area contributed by atoms with E-state index in [9.17, 15) is 9.59 Å². The summed E-state index contributed by atoms with van der Waals surface area (Å²) in [5.74, 6) is 0.385. The maximum atomic E-state index is 13.1. The lowest BCUT2D eigenvalue weighted by Gasteiger charge is -2.18. The molecule has 1 N–H and O–H groups in total. The highest BCUT2D eigenvalue weighted by Crippen LogP contribution is 2.27. The van der Waals surface area contributed by atoms with Crippen LogP contribution in [0, 0.1) is 12.8 Å². The predicted molar refractivity (Wildman–Crippen MR) is 139 cm³/mol. The zero-order valence-corrected chi connectivity index (χ0v) is 21.3. The van der Waals surface area contributed by atoms with E-state index in [0.717, 1.165) is 17.5 Å². The predicted octanol–water partition coefficient (Wildman–Crippen LogP) is 6.12. The molecular formula is C30H34O6. The van der Waals surface area contributed by atoms with Crippen LogP contribution >= 0.6 is 0 Å². The summed E-state index contributed by atoms with van der Waals surface area (Å²) in [6.45, 7) is 8.07. The van der Waals surface area contributed by atoms with Crippen molar-refractivity contribution >= 4 is 11.8 Å². The Hall–Kier alpha value is -3.80. The summed E-state index contributed by atoms with van der Waals surface area (Å²) in [6, 6.07) is 20.5. The van der Waals surface area contributed by atoms with Crippen molar-refractivity contribution in [3.8, 4) is 17.2 Å². The molecule has 6 heteroatoms. The van der Waals surface area contributed by atoms with Gasteiger partial charge in [0, 0.05) is 12.0 Å². The number of carboxylic acids is 1. The van der Waals surface area contributed by atoms with Crippen molar-refractivity contribution in [3.05, 3.63) is 89.0 Å². The Balaban J connectivity index is 1.58. The number of carboxylic acid groups (broad SMARTS) is 1. The van der Waals surface area contributed by atoms with Gasteiger partial charge in [0.2, 0.25) is 0 Å². The minimum atomic E-state index is -0.887. The van der Waals surface area contributed by atoms with Gasteiger partial charge in [0.1, 0.15) is 23.9 Å². The van der Waals surface area contributed by atoms with Crippen LogP contribution in [0.3, 0.4) is 0 Å². The Labute approximate surface area is 212 Å². The van der Waals surface area contributed by atoms with E-state index in [1.165, 1.54) is 0 Å². The molecule has 0 amide bonds. The first-order chi connectivity index (χ1) is 17.3. The monoisotopic (exact) mass is 490 g/mol. The summed E-state index contributed by atoms with van der Waals surface area (Å²) in [4.78, 5) is 24.1. The van der Waals surface area contributed by atoms with Crippen molar-refractivity contribution in [1.82, 2.24) is 0 Å². The molecule has 2 atom stereocenters. The third-order valence-electron chi connectivity index (χ3n) is 5.91. The lowest BCUT2D eigenvalue weighted by molar-refractivity contribution is -0.142. The maximum Gasteiger partial charge on any atom is 0.309 e. The Kier molecular flexibility index (Phi) is 9.51. The molecule has 0 aliphatic heterocycles. The van der Waals surface area contributed by atoms with Gasteiger partial charge in [0.25, 0.3) is 0 Å². The Morgan fingerprint density at radius 2 is 1.64 bits per heavy atom. The van der Waals surface area contributed by atoms with Crippen molar-refractivity contribution in [2.24, 2.45) is 5.92 Å². The summed E-state index contributed by atoms with van der Waals surface area (Å²) in [5, 5.41) is 9.00. The average molecular weight is 491 g/mol. The van der Waals surface area contributed by atoms with Crippen LogP contribution < -0.4 is 14.2 Å². The number of hydrogen-bond donors (Lipinski definition) is 1. The van der Waals surface area contributed by atoms with Crippen LogP contribution in [-0.2, 0) is 11.2 Å². The van der Waals surface area contributed by atoms with Gasteiger partial charge < -0.3 is 19.3 Å². The van der Waals surface area contributed by atoms with Crippen molar-refractivity contribution in [3.63, 3.8) is 0 Å². The molecule has 0 aromatic heterocycles. The topological polar surface area (TPSA) is 82.1 Å². The quantitative estimate of drug-likeness (QED) is 0.291. The van der Waals surface area contributed by atoms with Gasteiger partial charge in [-0.2, -0.15) is 0 Å². The Morgan fingerprint density at radius 1 is 0.917 bits per heavy atom. The zero-order chi connectivity index (χ0) is 26.1. The lowest BCUT2D eigenvalue weighted by atomic mass is 9.99. The van der Waals surface area contributed by atoms with E-state index in [1.54, 1.807) is 19.1 Å². The molecule has 0 aliphatic carbocycles. The summed E-state index contributed by atoms with van der Waals surface area (Å²) in [5.41, 5.74) is 3.15. The van der Waals surface area contributed by atoms with Crippen LogP contribution in [0.25, 0.3) is 0 Å². The van der Waals surface area contributed by atoms with Crippen LogP contribution in [-0.4, -0.2) is 36.2 Å². The molecule has 190 valence electrons. The molecule has 3 rings (SSSR count). The lowest BCUT2D eigenvalue weighted by Crippen LogP contribution is -2.18. The van der Waals surface area contributed by atoms with Gasteiger partial charge in [-0.15, -0.1) is 0 Å². The van der Waals surface area contributed by atoms with Gasteiger partial charge in [0.15, 0.2) is 5.78 Å². The average Bonchev–Trinajstić information content (AvgIpc) is 2.88. The third kappa shape index (κ3) is 7.35. The fourth-order valence-corrected chi connectivity index (χ4v) is 3.60. The molecule has 3 aromatic rings. The summed E-state index contributed by atoms with van der Waals surface area (Å²) in [7, 11) is 0. The van der Waals surface area contributed by atoms with Crippen molar-refractivity contribution in [2.45, 2.75) is 46.6 Å². The van der Waals surface area contributed by atoms with E-state index in [4.69, 9.17) is 19.3 Å². The number of ether oxygens (including phenoxy) is 3. The second-order valence-electron chi connectivity index (χ2n) is 8.92.